The summed E-state index contributed by atoms with van der Waals surface area (Å²) in [4.78, 5) is 12.2. The number of carbonyl (C=O) groups is 1. The van der Waals surface area contributed by atoms with Gasteiger partial charge in [0.1, 0.15) is 5.82 Å². The van der Waals surface area contributed by atoms with Gasteiger partial charge in [-0.2, -0.15) is 0 Å². The number of anilines is 1. The molecule has 0 aromatic heterocycles. The molecule has 0 aliphatic heterocycles. The third kappa shape index (κ3) is 3.95. The van der Waals surface area contributed by atoms with E-state index in [1.165, 1.54) is 50.5 Å². The van der Waals surface area contributed by atoms with E-state index in [1.807, 2.05) is 0 Å². The first-order valence-electron chi connectivity index (χ1n) is 6.51. The Morgan fingerprint density at radius 2 is 1.87 bits per heavy atom. The first kappa shape index (κ1) is 17.6. The van der Waals surface area contributed by atoms with Crippen molar-refractivity contribution < 1.29 is 17.6 Å². The molecule has 2 aromatic carbocycles. The number of rotatable bonds is 4. The molecular weight excluding hydrogens is 387 g/mol. The van der Waals surface area contributed by atoms with Crippen molar-refractivity contribution in [2.45, 2.75) is 4.90 Å². The molecule has 1 amide bonds. The van der Waals surface area contributed by atoms with Gasteiger partial charge in [-0.3, -0.25) is 4.79 Å². The fourth-order valence-corrected chi connectivity index (χ4v) is 3.08. The van der Waals surface area contributed by atoms with E-state index in [4.69, 9.17) is 0 Å². The number of hydrogen-bond acceptors (Lipinski definition) is 3. The quantitative estimate of drug-likeness (QED) is 0.857. The summed E-state index contributed by atoms with van der Waals surface area (Å²) in [5.74, 6) is -1.19. The highest BCUT2D eigenvalue weighted by Gasteiger charge is 2.19. The maximum atomic E-state index is 13.8. The lowest BCUT2D eigenvalue weighted by atomic mass is 10.2. The monoisotopic (exact) mass is 400 g/mol. The van der Waals surface area contributed by atoms with E-state index >= 15 is 0 Å². The van der Waals surface area contributed by atoms with Gasteiger partial charge >= 0.3 is 0 Å². The van der Waals surface area contributed by atoms with Crippen LogP contribution in [-0.4, -0.2) is 32.7 Å². The van der Waals surface area contributed by atoms with Crippen LogP contribution in [0.15, 0.2) is 51.8 Å². The highest BCUT2D eigenvalue weighted by molar-refractivity contribution is 9.10. The molecule has 0 atom stereocenters. The van der Waals surface area contributed by atoms with Crippen molar-refractivity contribution in [1.82, 2.24) is 4.31 Å². The first-order chi connectivity index (χ1) is 10.7. The third-order valence-corrected chi connectivity index (χ3v) is 5.36. The van der Waals surface area contributed by atoms with Crippen molar-refractivity contribution in [2.75, 3.05) is 19.4 Å². The average molecular weight is 401 g/mol. The minimum absolute atomic E-state index is 0.00794. The maximum absolute atomic E-state index is 13.8. The van der Waals surface area contributed by atoms with Gasteiger partial charge in [0.05, 0.1) is 10.6 Å². The summed E-state index contributed by atoms with van der Waals surface area (Å²) < 4.78 is 39.5. The molecule has 0 unspecified atom stereocenters. The first-order valence-corrected chi connectivity index (χ1v) is 8.74. The lowest BCUT2D eigenvalue weighted by molar-refractivity contribution is 0.102. The van der Waals surface area contributed by atoms with Crippen molar-refractivity contribution in [2.24, 2.45) is 0 Å². The molecule has 0 aliphatic rings. The average Bonchev–Trinajstić information content (AvgIpc) is 2.50. The Kier molecular flexibility index (Phi) is 5.18. The van der Waals surface area contributed by atoms with Crippen molar-refractivity contribution in [1.29, 1.82) is 0 Å². The summed E-state index contributed by atoms with van der Waals surface area (Å²) in [6, 6.07) is 9.80. The maximum Gasteiger partial charge on any atom is 0.255 e. The Labute approximate surface area is 142 Å². The minimum atomic E-state index is -3.65. The standard InChI is InChI=1S/C15H14BrFN2O3S/c1-19(2)23(21,22)12-5-3-4-10(8-12)15(20)18-14-7-6-11(16)9-13(14)17/h3-9H,1-2H3,(H,18,20). The summed E-state index contributed by atoms with van der Waals surface area (Å²) in [7, 11) is -0.842. The smallest absolute Gasteiger partial charge is 0.255 e. The molecule has 0 bridgehead atoms. The predicted octanol–water partition coefficient (Wildman–Crippen LogP) is 3.09. The SMILES string of the molecule is CN(C)S(=O)(=O)c1cccc(C(=O)Nc2ccc(Br)cc2F)c1. The summed E-state index contributed by atoms with van der Waals surface area (Å²) >= 11 is 3.13. The summed E-state index contributed by atoms with van der Waals surface area (Å²) in [6.45, 7) is 0. The molecule has 2 aromatic rings. The minimum Gasteiger partial charge on any atom is -0.319 e. The molecule has 0 saturated heterocycles. The molecule has 23 heavy (non-hydrogen) atoms. The molecule has 0 heterocycles. The molecule has 0 fully saturated rings. The molecule has 0 saturated carbocycles. The fourth-order valence-electron chi connectivity index (χ4n) is 1.79. The molecule has 2 rings (SSSR count). The second-order valence-electron chi connectivity index (χ2n) is 4.89. The van der Waals surface area contributed by atoms with Gasteiger partial charge in [0.25, 0.3) is 5.91 Å². The van der Waals surface area contributed by atoms with Crippen LogP contribution in [0.1, 0.15) is 10.4 Å². The van der Waals surface area contributed by atoms with Crippen LogP contribution >= 0.6 is 15.9 Å². The summed E-state index contributed by atoms with van der Waals surface area (Å²) in [5.41, 5.74) is 0.134. The number of amides is 1. The highest BCUT2D eigenvalue weighted by atomic mass is 79.9. The van der Waals surface area contributed by atoms with E-state index in [9.17, 15) is 17.6 Å². The van der Waals surface area contributed by atoms with Gasteiger partial charge in [-0.25, -0.2) is 17.1 Å². The van der Waals surface area contributed by atoms with E-state index in [0.29, 0.717) is 4.47 Å². The van der Waals surface area contributed by atoms with Crippen molar-refractivity contribution in [3.63, 3.8) is 0 Å². The number of sulfonamides is 1. The van der Waals surface area contributed by atoms with E-state index in [2.05, 4.69) is 21.2 Å². The zero-order valence-corrected chi connectivity index (χ0v) is 14.8. The molecular formula is C15H14BrFN2O3S. The lowest BCUT2D eigenvalue weighted by Gasteiger charge is -2.12. The molecule has 0 radical (unpaired) electrons. The topological polar surface area (TPSA) is 66.5 Å². The molecule has 1 N–H and O–H groups in total. The Balaban J connectivity index is 2.30. The molecule has 0 aliphatic carbocycles. The molecule has 122 valence electrons. The second-order valence-corrected chi connectivity index (χ2v) is 7.96. The van der Waals surface area contributed by atoms with Crippen molar-refractivity contribution in [3.05, 3.63) is 58.3 Å². The largest absolute Gasteiger partial charge is 0.319 e. The number of halogens is 2. The Morgan fingerprint density at radius 3 is 2.48 bits per heavy atom. The fraction of sp³-hybridized carbons (Fsp3) is 0.133. The van der Waals surface area contributed by atoms with Crippen LogP contribution in [0, 0.1) is 5.82 Å². The Hall–Kier alpha value is -1.77. The number of nitrogens with zero attached hydrogens (tertiary/aromatic N) is 1. The van der Waals surface area contributed by atoms with Crippen LogP contribution in [0.4, 0.5) is 10.1 Å². The van der Waals surface area contributed by atoms with Crippen LogP contribution < -0.4 is 5.32 Å². The summed E-state index contributed by atoms with van der Waals surface area (Å²) in [6.07, 6.45) is 0. The van der Waals surface area contributed by atoms with Gasteiger partial charge in [0, 0.05) is 24.1 Å². The molecule has 5 nitrogen and oxygen atoms in total. The number of benzene rings is 2. The van der Waals surface area contributed by atoms with Gasteiger partial charge < -0.3 is 5.32 Å². The molecule has 0 spiro atoms. The van der Waals surface area contributed by atoms with Gasteiger partial charge in [-0.1, -0.05) is 22.0 Å². The zero-order chi connectivity index (χ0) is 17.2. The van der Waals surface area contributed by atoms with Crippen LogP contribution in [0.5, 0.6) is 0 Å². The van der Waals surface area contributed by atoms with Crippen LogP contribution in [0.25, 0.3) is 0 Å². The predicted molar refractivity (Wildman–Crippen MR) is 89.4 cm³/mol. The zero-order valence-electron chi connectivity index (χ0n) is 12.4. The van der Waals surface area contributed by atoms with E-state index in [-0.39, 0.29) is 16.1 Å². The Bertz CT molecular complexity index is 854. The van der Waals surface area contributed by atoms with Crippen LogP contribution in [-0.2, 0) is 10.0 Å². The van der Waals surface area contributed by atoms with Gasteiger partial charge in [-0.05, 0) is 36.4 Å². The summed E-state index contributed by atoms with van der Waals surface area (Å²) in [5, 5.41) is 2.42. The Morgan fingerprint density at radius 1 is 1.17 bits per heavy atom. The normalized spacial score (nSPS) is 11.5. The molecule has 8 heteroatoms. The second kappa shape index (κ2) is 6.77. The lowest BCUT2D eigenvalue weighted by Crippen LogP contribution is -2.22. The van der Waals surface area contributed by atoms with Crippen molar-refractivity contribution >= 4 is 37.5 Å². The van der Waals surface area contributed by atoms with Gasteiger partial charge in [-0.15, -0.1) is 0 Å². The van der Waals surface area contributed by atoms with Crippen LogP contribution in [0.2, 0.25) is 0 Å². The van der Waals surface area contributed by atoms with Crippen molar-refractivity contribution in [3.8, 4) is 0 Å². The van der Waals surface area contributed by atoms with E-state index in [0.717, 1.165) is 4.31 Å². The number of nitrogens with one attached hydrogen (secondary N) is 1. The van der Waals surface area contributed by atoms with Crippen LogP contribution in [0.3, 0.4) is 0 Å². The van der Waals surface area contributed by atoms with Gasteiger partial charge in [0.15, 0.2) is 0 Å². The van der Waals surface area contributed by atoms with Gasteiger partial charge in [0.2, 0.25) is 10.0 Å². The number of hydrogen-bond donors (Lipinski definition) is 1. The van der Waals surface area contributed by atoms with E-state index in [1.54, 1.807) is 6.07 Å². The highest BCUT2D eigenvalue weighted by Crippen LogP contribution is 2.21. The third-order valence-electron chi connectivity index (χ3n) is 3.05. The number of carbonyl (C=O) groups excluding carboxylic acids is 1. The van der Waals surface area contributed by atoms with E-state index < -0.39 is 21.7 Å².